The lowest BCUT2D eigenvalue weighted by molar-refractivity contribution is -0.119. The molecule has 0 bridgehead atoms. The van der Waals surface area contributed by atoms with Gasteiger partial charge in [-0.2, -0.15) is 0 Å². The summed E-state index contributed by atoms with van der Waals surface area (Å²) < 4.78 is 1.49. The normalized spacial score (nSPS) is 12.0. The molecule has 7 heteroatoms. The Morgan fingerprint density at radius 2 is 1.82 bits per heavy atom. The number of benzene rings is 2. The van der Waals surface area contributed by atoms with Gasteiger partial charge in [-0.05, 0) is 61.0 Å². The maximum Gasteiger partial charge on any atom is 0.249 e. The summed E-state index contributed by atoms with van der Waals surface area (Å²) in [7, 11) is 0. The molecule has 1 N–H and O–H groups in total. The zero-order valence-corrected chi connectivity index (χ0v) is 16.5. The third kappa shape index (κ3) is 4.73. The van der Waals surface area contributed by atoms with Gasteiger partial charge in [-0.15, -0.1) is 5.10 Å². The van der Waals surface area contributed by atoms with Gasteiger partial charge in [0.05, 0.1) is 0 Å². The summed E-state index contributed by atoms with van der Waals surface area (Å²) in [6.45, 7) is 7.40. The molecule has 0 saturated carbocycles. The Morgan fingerprint density at radius 1 is 1.11 bits per heavy atom. The van der Waals surface area contributed by atoms with E-state index in [-0.39, 0.29) is 5.91 Å². The van der Waals surface area contributed by atoms with Crippen LogP contribution in [0, 0.1) is 0 Å². The molecule has 1 heterocycles. The number of tetrazole rings is 1. The van der Waals surface area contributed by atoms with Gasteiger partial charge in [0, 0.05) is 30.4 Å². The summed E-state index contributed by atoms with van der Waals surface area (Å²) >= 11 is 0. The number of aromatic nitrogens is 4. The van der Waals surface area contributed by atoms with E-state index in [1.165, 1.54) is 11.0 Å². The van der Waals surface area contributed by atoms with Crippen molar-refractivity contribution in [2.75, 3.05) is 16.8 Å². The van der Waals surface area contributed by atoms with Crippen LogP contribution in [-0.2, 0) is 11.2 Å². The lowest BCUT2D eigenvalue weighted by atomic mass is 10.1. The average molecular weight is 378 g/mol. The van der Waals surface area contributed by atoms with Crippen molar-refractivity contribution < 1.29 is 4.79 Å². The highest BCUT2D eigenvalue weighted by Gasteiger charge is 2.22. The highest BCUT2D eigenvalue weighted by molar-refractivity contribution is 5.94. The summed E-state index contributed by atoms with van der Waals surface area (Å²) in [4.78, 5) is 15.3. The van der Waals surface area contributed by atoms with Crippen LogP contribution in [0.1, 0.15) is 32.4 Å². The molecule has 28 heavy (non-hydrogen) atoms. The highest BCUT2D eigenvalue weighted by atomic mass is 16.2. The first-order valence-electron chi connectivity index (χ1n) is 9.52. The van der Waals surface area contributed by atoms with Crippen LogP contribution in [0.3, 0.4) is 0 Å². The van der Waals surface area contributed by atoms with Crippen LogP contribution >= 0.6 is 0 Å². The number of carbonyl (C=O) groups excluding carboxylic acids is 1. The number of anilines is 2. The zero-order chi connectivity index (χ0) is 19.9. The quantitative estimate of drug-likeness (QED) is 0.651. The van der Waals surface area contributed by atoms with E-state index in [1.54, 1.807) is 0 Å². The fraction of sp³-hybridized carbons (Fsp3) is 0.333. The molecule has 0 aliphatic rings. The van der Waals surface area contributed by atoms with Crippen LogP contribution in [0.25, 0.3) is 0 Å². The minimum Gasteiger partial charge on any atom is -0.369 e. The summed E-state index contributed by atoms with van der Waals surface area (Å²) in [5.41, 5.74) is 2.93. The van der Waals surface area contributed by atoms with Crippen molar-refractivity contribution in [3.63, 3.8) is 0 Å². The summed E-state index contributed by atoms with van der Waals surface area (Å²) in [5.74, 6) is -0.153. The van der Waals surface area contributed by atoms with Crippen LogP contribution in [-0.4, -0.2) is 38.7 Å². The van der Waals surface area contributed by atoms with Crippen LogP contribution in [0.2, 0.25) is 0 Å². The molecular formula is C21H26N6O. The van der Waals surface area contributed by atoms with Crippen molar-refractivity contribution in [2.45, 2.75) is 39.3 Å². The SMILES string of the molecule is CCN(c1ccc(NC(=O)C(Cc2ccccc2)n2cnnn2)cc1)C(C)C. The van der Waals surface area contributed by atoms with Crippen molar-refractivity contribution in [3.8, 4) is 0 Å². The third-order valence-corrected chi connectivity index (χ3v) is 4.69. The molecule has 0 radical (unpaired) electrons. The Kier molecular flexibility index (Phi) is 6.37. The second-order valence-corrected chi connectivity index (χ2v) is 6.91. The lowest BCUT2D eigenvalue weighted by Gasteiger charge is -2.27. The molecule has 0 saturated heterocycles. The van der Waals surface area contributed by atoms with E-state index in [0.29, 0.717) is 12.5 Å². The van der Waals surface area contributed by atoms with E-state index in [4.69, 9.17) is 0 Å². The van der Waals surface area contributed by atoms with E-state index < -0.39 is 6.04 Å². The van der Waals surface area contributed by atoms with Crippen LogP contribution in [0.5, 0.6) is 0 Å². The Bertz CT molecular complexity index is 862. The smallest absolute Gasteiger partial charge is 0.249 e. The van der Waals surface area contributed by atoms with Gasteiger partial charge in [0.15, 0.2) is 0 Å². The molecule has 1 amide bonds. The van der Waals surface area contributed by atoms with Gasteiger partial charge >= 0.3 is 0 Å². The maximum atomic E-state index is 13.0. The lowest BCUT2D eigenvalue weighted by Crippen LogP contribution is -2.30. The van der Waals surface area contributed by atoms with E-state index in [2.05, 4.69) is 46.5 Å². The van der Waals surface area contributed by atoms with Gasteiger partial charge in [0.2, 0.25) is 5.91 Å². The summed E-state index contributed by atoms with van der Waals surface area (Å²) in [6.07, 6.45) is 1.98. The fourth-order valence-corrected chi connectivity index (χ4v) is 3.26. The minimum atomic E-state index is -0.528. The number of rotatable bonds is 8. The molecule has 1 atom stereocenters. The summed E-state index contributed by atoms with van der Waals surface area (Å²) in [6, 6.07) is 17.6. The molecule has 0 aliphatic carbocycles. The van der Waals surface area contributed by atoms with Crippen LogP contribution in [0.4, 0.5) is 11.4 Å². The zero-order valence-electron chi connectivity index (χ0n) is 16.5. The molecule has 1 aromatic heterocycles. The largest absolute Gasteiger partial charge is 0.369 e. The van der Waals surface area contributed by atoms with E-state index >= 15 is 0 Å². The molecular weight excluding hydrogens is 352 g/mol. The predicted octanol–water partition coefficient (Wildman–Crippen LogP) is 3.33. The molecule has 3 rings (SSSR count). The first kappa shape index (κ1) is 19.5. The first-order valence-corrected chi connectivity index (χ1v) is 9.52. The Hall–Kier alpha value is -3.22. The second-order valence-electron chi connectivity index (χ2n) is 6.91. The average Bonchev–Trinajstić information content (AvgIpc) is 3.23. The molecule has 1 unspecified atom stereocenters. The second kappa shape index (κ2) is 9.12. The molecule has 146 valence electrons. The number of hydrogen-bond donors (Lipinski definition) is 1. The number of hydrogen-bond acceptors (Lipinski definition) is 5. The molecule has 2 aromatic carbocycles. The minimum absolute atomic E-state index is 0.153. The Morgan fingerprint density at radius 3 is 2.39 bits per heavy atom. The topological polar surface area (TPSA) is 75.9 Å². The standard InChI is InChI=1S/C21H26N6O/c1-4-26(16(2)3)19-12-10-18(11-13-19)23-21(28)20(27-15-22-24-25-27)14-17-8-6-5-7-9-17/h5-13,15-16,20H,4,14H2,1-3H3,(H,23,28). The van der Waals surface area contributed by atoms with E-state index in [9.17, 15) is 4.79 Å². The van der Waals surface area contributed by atoms with E-state index in [0.717, 1.165) is 23.5 Å². The van der Waals surface area contributed by atoms with Crippen molar-refractivity contribution in [2.24, 2.45) is 0 Å². The van der Waals surface area contributed by atoms with Gasteiger partial charge in [-0.25, -0.2) is 4.68 Å². The number of carbonyl (C=O) groups is 1. The number of nitrogens with zero attached hydrogens (tertiary/aromatic N) is 5. The van der Waals surface area contributed by atoms with Crippen LogP contribution in [0.15, 0.2) is 60.9 Å². The maximum absolute atomic E-state index is 13.0. The van der Waals surface area contributed by atoms with Crippen molar-refractivity contribution in [3.05, 3.63) is 66.5 Å². The van der Waals surface area contributed by atoms with Gasteiger partial charge in [0.25, 0.3) is 0 Å². The Labute approximate surface area is 165 Å². The van der Waals surface area contributed by atoms with Gasteiger partial charge in [-0.3, -0.25) is 4.79 Å². The predicted molar refractivity (Wildman–Crippen MR) is 110 cm³/mol. The van der Waals surface area contributed by atoms with Crippen LogP contribution < -0.4 is 10.2 Å². The monoisotopic (exact) mass is 378 g/mol. The fourth-order valence-electron chi connectivity index (χ4n) is 3.26. The van der Waals surface area contributed by atoms with E-state index in [1.807, 2.05) is 54.6 Å². The highest BCUT2D eigenvalue weighted by Crippen LogP contribution is 2.21. The Balaban J connectivity index is 1.75. The first-order chi connectivity index (χ1) is 13.6. The molecule has 3 aromatic rings. The summed E-state index contributed by atoms with van der Waals surface area (Å²) in [5, 5.41) is 14.3. The third-order valence-electron chi connectivity index (χ3n) is 4.69. The number of amides is 1. The number of nitrogens with one attached hydrogen (secondary N) is 1. The molecule has 0 fully saturated rings. The van der Waals surface area contributed by atoms with Gasteiger partial charge in [-0.1, -0.05) is 30.3 Å². The van der Waals surface area contributed by atoms with Crippen molar-refractivity contribution >= 4 is 17.3 Å². The molecule has 0 aliphatic heterocycles. The molecule has 0 spiro atoms. The molecule has 7 nitrogen and oxygen atoms in total. The van der Waals surface area contributed by atoms with Crippen molar-refractivity contribution in [1.82, 2.24) is 20.2 Å². The van der Waals surface area contributed by atoms with Gasteiger partial charge in [0.1, 0.15) is 12.4 Å². The van der Waals surface area contributed by atoms with Crippen molar-refractivity contribution in [1.29, 1.82) is 0 Å². The van der Waals surface area contributed by atoms with Gasteiger partial charge < -0.3 is 10.2 Å².